The third kappa shape index (κ3) is 2.32. The van der Waals surface area contributed by atoms with Crippen molar-refractivity contribution in [3.8, 4) is 11.5 Å². The first-order chi connectivity index (χ1) is 11.5. The third-order valence-electron chi connectivity index (χ3n) is 4.51. The second-order valence-corrected chi connectivity index (χ2v) is 6.44. The molecule has 0 spiro atoms. The number of fused-ring (bicyclic) bond motifs is 2. The first-order valence-corrected chi connectivity index (χ1v) is 8.05. The summed E-state index contributed by atoms with van der Waals surface area (Å²) in [6.07, 6.45) is 3.19. The zero-order valence-corrected chi connectivity index (χ0v) is 14.0. The van der Waals surface area contributed by atoms with Crippen molar-refractivity contribution in [2.75, 3.05) is 6.73 Å². The number of hydrogen-bond acceptors (Lipinski definition) is 5. The van der Waals surface area contributed by atoms with Gasteiger partial charge in [0, 0.05) is 29.8 Å². The standard InChI is InChI=1S/C19H19NO4/c1-11(2)20-9-13-7-15-17(21)16(8-14-5-4-6-22-14)24-19(15)12(3)18(13)23-10-20/h4-8,11H,9-10H2,1-3H3/b16-8-. The Morgan fingerprint density at radius 1 is 1.29 bits per heavy atom. The van der Waals surface area contributed by atoms with Crippen molar-refractivity contribution >= 4 is 11.9 Å². The van der Waals surface area contributed by atoms with E-state index in [1.807, 2.05) is 13.0 Å². The van der Waals surface area contributed by atoms with Crippen LogP contribution in [0.4, 0.5) is 0 Å². The summed E-state index contributed by atoms with van der Waals surface area (Å²) >= 11 is 0. The predicted octanol–water partition coefficient (Wildman–Crippen LogP) is 3.76. The number of rotatable bonds is 2. The van der Waals surface area contributed by atoms with Gasteiger partial charge in [-0.05, 0) is 39.0 Å². The molecule has 1 aromatic heterocycles. The second kappa shape index (κ2) is 5.53. The predicted molar refractivity (Wildman–Crippen MR) is 89.0 cm³/mol. The van der Waals surface area contributed by atoms with Crippen LogP contribution in [0.3, 0.4) is 0 Å². The van der Waals surface area contributed by atoms with E-state index in [9.17, 15) is 4.79 Å². The molecule has 0 saturated carbocycles. The molecule has 24 heavy (non-hydrogen) atoms. The van der Waals surface area contributed by atoms with Gasteiger partial charge in [-0.15, -0.1) is 0 Å². The number of nitrogens with zero attached hydrogens (tertiary/aromatic N) is 1. The van der Waals surface area contributed by atoms with Crippen LogP contribution in [0.1, 0.15) is 41.1 Å². The highest BCUT2D eigenvalue weighted by Crippen LogP contribution is 2.43. The van der Waals surface area contributed by atoms with Crippen molar-refractivity contribution in [2.24, 2.45) is 0 Å². The van der Waals surface area contributed by atoms with Crippen molar-refractivity contribution in [1.29, 1.82) is 0 Å². The monoisotopic (exact) mass is 325 g/mol. The Bertz CT molecular complexity index is 834. The number of furan rings is 1. The summed E-state index contributed by atoms with van der Waals surface area (Å²) in [6.45, 7) is 7.52. The molecule has 1 aromatic carbocycles. The van der Waals surface area contributed by atoms with Gasteiger partial charge in [-0.2, -0.15) is 0 Å². The van der Waals surface area contributed by atoms with Gasteiger partial charge in [0.25, 0.3) is 0 Å². The van der Waals surface area contributed by atoms with E-state index in [0.29, 0.717) is 29.8 Å². The first kappa shape index (κ1) is 15.0. The van der Waals surface area contributed by atoms with E-state index in [2.05, 4.69) is 18.7 Å². The highest BCUT2D eigenvalue weighted by molar-refractivity contribution is 6.15. The lowest BCUT2D eigenvalue weighted by Crippen LogP contribution is -2.37. The number of ketones is 1. The molecule has 0 N–H and O–H groups in total. The van der Waals surface area contributed by atoms with E-state index in [1.54, 1.807) is 24.5 Å². The number of benzene rings is 1. The minimum absolute atomic E-state index is 0.117. The summed E-state index contributed by atoms with van der Waals surface area (Å²) in [7, 11) is 0. The fraction of sp³-hybridized carbons (Fsp3) is 0.316. The Kier molecular flexibility index (Phi) is 3.46. The summed E-state index contributed by atoms with van der Waals surface area (Å²) in [4.78, 5) is 14.9. The zero-order valence-electron chi connectivity index (χ0n) is 14.0. The highest BCUT2D eigenvalue weighted by Gasteiger charge is 2.34. The molecule has 2 aliphatic rings. The molecule has 0 amide bonds. The molecule has 2 aliphatic heterocycles. The largest absolute Gasteiger partial charge is 0.477 e. The van der Waals surface area contributed by atoms with Gasteiger partial charge in [0.2, 0.25) is 5.78 Å². The zero-order chi connectivity index (χ0) is 16.8. The van der Waals surface area contributed by atoms with E-state index in [0.717, 1.165) is 23.4 Å². The molecular formula is C19H19NO4. The van der Waals surface area contributed by atoms with E-state index < -0.39 is 0 Å². The lowest BCUT2D eigenvalue weighted by Gasteiger charge is -2.32. The van der Waals surface area contributed by atoms with Gasteiger partial charge in [-0.25, -0.2) is 0 Å². The highest BCUT2D eigenvalue weighted by atomic mass is 16.5. The van der Waals surface area contributed by atoms with Gasteiger partial charge in [-0.1, -0.05) is 0 Å². The summed E-state index contributed by atoms with van der Waals surface area (Å²) in [5.74, 6) is 2.18. The maximum atomic E-state index is 12.7. The summed E-state index contributed by atoms with van der Waals surface area (Å²) < 4.78 is 17.0. The summed E-state index contributed by atoms with van der Waals surface area (Å²) in [6, 6.07) is 5.84. The molecule has 124 valence electrons. The Morgan fingerprint density at radius 3 is 2.83 bits per heavy atom. The Hall–Kier alpha value is -2.53. The minimum atomic E-state index is -0.117. The van der Waals surface area contributed by atoms with Crippen LogP contribution >= 0.6 is 0 Å². The molecule has 0 bridgehead atoms. The molecule has 0 aliphatic carbocycles. The third-order valence-corrected chi connectivity index (χ3v) is 4.51. The van der Waals surface area contributed by atoms with E-state index in [1.165, 1.54) is 0 Å². The van der Waals surface area contributed by atoms with Crippen molar-refractivity contribution in [1.82, 2.24) is 4.90 Å². The molecule has 0 radical (unpaired) electrons. The van der Waals surface area contributed by atoms with Crippen LogP contribution in [0.5, 0.6) is 11.5 Å². The maximum Gasteiger partial charge on any atom is 0.232 e. The van der Waals surface area contributed by atoms with Gasteiger partial charge in [-0.3, -0.25) is 9.69 Å². The van der Waals surface area contributed by atoms with Gasteiger partial charge < -0.3 is 13.9 Å². The Balaban J connectivity index is 1.74. The average molecular weight is 325 g/mol. The van der Waals surface area contributed by atoms with Crippen LogP contribution in [-0.4, -0.2) is 23.5 Å². The van der Waals surface area contributed by atoms with Crippen molar-refractivity contribution in [3.63, 3.8) is 0 Å². The fourth-order valence-electron chi connectivity index (χ4n) is 3.10. The molecule has 2 aromatic rings. The Labute approximate surface area is 140 Å². The molecule has 0 atom stereocenters. The van der Waals surface area contributed by atoms with Crippen molar-refractivity contribution in [3.05, 3.63) is 52.7 Å². The average Bonchev–Trinajstić information content (AvgIpc) is 3.18. The summed E-state index contributed by atoms with van der Waals surface area (Å²) in [5, 5.41) is 0. The van der Waals surface area contributed by atoms with E-state index >= 15 is 0 Å². The summed E-state index contributed by atoms with van der Waals surface area (Å²) in [5.41, 5.74) is 2.50. The number of carbonyl (C=O) groups excluding carboxylic acids is 1. The lowest BCUT2D eigenvalue weighted by atomic mass is 10.00. The SMILES string of the molecule is Cc1c2c(cc3c1O/C(=C\c1ccco1)C3=O)CN(C(C)C)CO2. The van der Waals surface area contributed by atoms with Crippen molar-refractivity contribution < 1.29 is 18.7 Å². The maximum absolute atomic E-state index is 12.7. The molecule has 5 nitrogen and oxygen atoms in total. The molecule has 0 fully saturated rings. The van der Waals surface area contributed by atoms with Gasteiger partial charge in [0.15, 0.2) is 5.76 Å². The number of allylic oxidation sites excluding steroid dienone is 1. The lowest BCUT2D eigenvalue weighted by molar-refractivity contribution is 0.0678. The first-order valence-electron chi connectivity index (χ1n) is 8.05. The minimum Gasteiger partial charge on any atom is -0.477 e. The van der Waals surface area contributed by atoms with Crippen LogP contribution in [-0.2, 0) is 6.54 Å². The van der Waals surface area contributed by atoms with Crippen LogP contribution in [0.2, 0.25) is 0 Å². The van der Waals surface area contributed by atoms with Crippen LogP contribution in [0.25, 0.3) is 6.08 Å². The van der Waals surface area contributed by atoms with Crippen LogP contribution in [0, 0.1) is 6.92 Å². The number of carbonyl (C=O) groups is 1. The van der Waals surface area contributed by atoms with Gasteiger partial charge in [0.05, 0.1) is 11.8 Å². The number of Topliss-reactive ketones (excluding diaryl/α,β-unsaturated/α-hetero) is 1. The quantitative estimate of drug-likeness (QED) is 0.787. The van der Waals surface area contributed by atoms with Crippen LogP contribution in [0.15, 0.2) is 34.6 Å². The second-order valence-electron chi connectivity index (χ2n) is 6.44. The van der Waals surface area contributed by atoms with Gasteiger partial charge >= 0.3 is 0 Å². The Morgan fingerprint density at radius 2 is 2.12 bits per heavy atom. The fourth-order valence-corrected chi connectivity index (χ4v) is 3.10. The molecule has 3 heterocycles. The normalized spacial score (nSPS) is 18.5. The molecular weight excluding hydrogens is 306 g/mol. The molecule has 4 rings (SSSR count). The van der Waals surface area contributed by atoms with Crippen molar-refractivity contribution in [2.45, 2.75) is 33.4 Å². The molecule has 0 unspecified atom stereocenters. The smallest absolute Gasteiger partial charge is 0.232 e. The van der Waals surface area contributed by atoms with E-state index in [4.69, 9.17) is 13.9 Å². The topological polar surface area (TPSA) is 51.9 Å². The molecule has 5 heteroatoms. The molecule has 0 saturated heterocycles. The van der Waals surface area contributed by atoms with Crippen LogP contribution < -0.4 is 9.47 Å². The number of hydrogen-bond donors (Lipinski definition) is 0. The van der Waals surface area contributed by atoms with E-state index in [-0.39, 0.29) is 11.5 Å². The van der Waals surface area contributed by atoms with Gasteiger partial charge in [0.1, 0.15) is 24.0 Å². The number of ether oxygens (including phenoxy) is 2.